The van der Waals surface area contributed by atoms with Gasteiger partial charge in [0.15, 0.2) is 5.69 Å². The minimum atomic E-state index is -1.02. The molecule has 1 aliphatic heterocycles. The van der Waals surface area contributed by atoms with Gasteiger partial charge in [-0.1, -0.05) is 16.9 Å². The highest BCUT2D eigenvalue weighted by Crippen LogP contribution is 2.11. The van der Waals surface area contributed by atoms with Crippen molar-refractivity contribution < 1.29 is 14.7 Å². The molecule has 0 aliphatic carbocycles. The molecule has 2 rings (SSSR count). The van der Waals surface area contributed by atoms with E-state index in [-0.39, 0.29) is 18.1 Å². The highest BCUT2D eigenvalue weighted by molar-refractivity contribution is 5.92. The van der Waals surface area contributed by atoms with Crippen LogP contribution < -0.4 is 0 Å². The summed E-state index contributed by atoms with van der Waals surface area (Å²) in [5.41, 5.74) is 1.33. The summed E-state index contributed by atoms with van der Waals surface area (Å²) in [6, 6.07) is 0. The third-order valence-corrected chi connectivity index (χ3v) is 2.67. The number of hydrogen-bond acceptors (Lipinski definition) is 4. The first-order valence-electron chi connectivity index (χ1n) is 5.63. The van der Waals surface area contributed by atoms with Crippen LogP contribution in [-0.4, -0.2) is 50.0 Å². The van der Waals surface area contributed by atoms with Crippen molar-refractivity contribution in [2.45, 2.75) is 19.9 Å². The first-order valence-corrected chi connectivity index (χ1v) is 5.63. The lowest BCUT2D eigenvalue weighted by Gasteiger charge is -2.25. The Bertz CT molecular complexity index is 506. The molecule has 18 heavy (non-hydrogen) atoms. The Morgan fingerprint density at radius 3 is 2.94 bits per heavy atom. The summed E-state index contributed by atoms with van der Waals surface area (Å²) >= 11 is 0. The maximum atomic E-state index is 12.1. The van der Waals surface area contributed by atoms with Crippen LogP contribution in [0.15, 0.2) is 17.8 Å². The van der Waals surface area contributed by atoms with E-state index in [1.54, 1.807) is 4.90 Å². The van der Waals surface area contributed by atoms with Crippen LogP contribution in [0.5, 0.6) is 0 Å². The molecular weight excluding hydrogens is 236 g/mol. The van der Waals surface area contributed by atoms with Gasteiger partial charge in [-0.05, 0) is 13.3 Å². The second-order valence-corrected chi connectivity index (χ2v) is 4.26. The van der Waals surface area contributed by atoms with Gasteiger partial charge in [-0.2, -0.15) is 0 Å². The van der Waals surface area contributed by atoms with Crippen LogP contribution in [-0.2, 0) is 11.3 Å². The highest BCUT2D eigenvalue weighted by Gasteiger charge is 2.21. The highest BCUT2D eigenvalue weighted by atomic mass is 16.4. The van der Waals surface area contributed by atoms with Gasteiger partial charge >= 0.3 is 5.97 Å². The number of carbonyl (C=O) groups excluding carboxylic acids is 1. The molecule has 0 saturated heterocycles. The van der Waals surface area contributed by atoms with Gasteiger partial charge < -0.3 is 10.0 Å². The molecule has 0 saturated carbocycles. The number of rotatable bonds is 3. The molecule has 0 radical (unpaired) electrons. The summed E-state index contributed by atoms with van der Waals surface area (Å²) in [6.45, 7) is 2.92. The summed E-state index contributed by atoms with van der Waals surface area (Å²) in [4.78, 5) is 24.3. The number of hydrogen-bond donors (Lipinski definition) is 1. The SMILES string of the molecule is CC1=CCCN(C(=O)c2cn(CC(=O)O)nn2)C1. The van der Waals surface area contributed by atoms with Crippen molar-refractivity contribution in [2.24, 2.45) is 0 Å². The smallest absolute Gasteiger partial charge is 0.325 e. The van der Waals surface area contributed by atoms with Crippen LogP contribution in [0.25, 0.3) is 0 Å². The molecule has 0 fully saturated rings. The zero-order valence-corrected chi connectivity index (χ0v) is 10.0. The fraction of sp³-hybridized carbons (Fsp3) is 0.455. The zero-order valence-electron chi connectivity index (χ0n) is 10.0. The Morgan fingerprint density at radius 1 is 1.50 bits per heavy atom. The molecule has 1 aliphatic rings. The normalized spacial score (nSPS) is 15.4. The Morgan fingerprint density at radius 2 is 2.28 bits per heavy atom. The maximum absolute atomic E-state index is 12.1. The van der Waals surface area contributed by atoms with Crippen molar-refractivity contribution >= 4 is 11.9 Å². The van der Waals surface area contributed by atoms with Gasteiger partial charge in [0.2, 0.25) is 0 Å². The van der Waals surface area contributed by atoms with Gasteiger partial charge in [0.1, 0.15) is 6.54 Å². The molecule has 2 heterocycles. The van der Waals surface area contributed by atoms with E-state index in [2.05, 4.69) is 16.4 Å². The molecule has 1 amide bonds. The lowest BCUT2D eigenvalue weighted by Crippen LogP contribution is -2.35. The van der Waals surface area contributed by atoms with Crippen LogP contribution in [0.2, 0.25) is 0 Å². The standard InChI is InChI=1S/C11H14N4O3/c1-8-3-2-4-14(5-8)11(18)9-6-15(13-12-9)7-10(16)17/h3,6H,2,4-5,7H2,1H3,(H,16,17). The molecule has 0 spiro atoms. The fourth-order valence-electron chi connectivity index (χ4n) is 1.86. The monoisotopic (exact) mass is 250 g/mol. The van der Waals surface area contributed by atoms with Crippen LogP contribution in [0, 0.1) is 0 Å². The number of nitrogens with zero attached hydrogens (tertiary/aromatic N) is 4. The summed E-state index contributed by atoms with van der Waals surface area (Å²) in [6.07, 6.45) is 4.30. The molecule has 7 heteroatoms. The molecule has 1 N–H and O–H groups in total. The summed E-state index contributed by atoms with van der Waals surface area (Å²) in [5.74, 6) is -1.23. The molecule has 0 aromatic carbocycles. The molecule has 0 unspecified atom stereocenters. The number of carboxylic acid groups (broad SMARTS) is 1. The average Bonchev–Trinajstić information content (AvgIpc) is 2.75. The third kappa shape index (κ3) is 2.73. The minimum absolute atomic E-state index is 0.186. The Hall–Kier alpha value is -2.18. The van der Waals surface area contributed by atoms with Gasteiger partial charge in [0, 0.05) is 13.1 Å². The topological polar surface area (TPSA) is 88.3 Å². The van der Waals surface area contributed by atoms with Gasteiger partial charge in [-0.15, -0.1) is 5.10 Å². The van der Waals surface area contributed by atoms with Crippen molar-refractivity contribution in [3.05, 3.63) is 23.5 Å². The number of amides is 1. The molecule has 1 aromatic rings. The first kappa shape index (κ1) is 12.3. The van der Waals surface area contributed by atoms with Crippen LogP contribution in [0.3, 0.4) is 0 Å². The molecule has 7 nitrogen and oxygen atoms in total. The average molecular weight is 250 g/mol. The number of carbonyl (C=O) groups is 2. The van der Waals surface area contributed by atoms with E-state index in [9.17, 15) is 9.59 Å². The first-order chi connectivity index (χ1) is 8.56. The fourth-order valence-corrected chi connectivity index (χ4v) is 1.86. The lowest BCUT2D eigenvalue weighted by molar-refractivity contribution is -0.137. The van der Waals surface area contributed by atoms with E-state index in [0.29, 0.717) is 13.1 Å². The second-order valence-electron chi connectivity index (χ2n) is 4.26. The zero-order chi connectivity index (χ0) is 13.1. The summed E-state index contributed by atoms with van der Waals surface area (Å²) < 4.78 is 1.14. The van der Waals surface area contributed by atoms with Crippen molar-refractivity contribution in [1.29, 1.82) is 0 Å². The van der Waals surface area contributed by atoms with Crippen LogP contribution >= 0.6 is 0 Å². The Balaban J connectivity index is 2.07. The Labute approximate surface area is 104 Å². The number of carboxylic acids is 1. The molecule has 0 bridgehead atoms. The predicted octanol–water partition coefficient (Wildman–Crippen LogP) is 0.155. The van der Waals surface area contributed by atoms with Crippen molar-refractivity contribution in [3.63, 3.8) is 0 Å². The second kappa shape index (κ2) is 4.99. The van der Waals surface area contributed by atoms with E-state index in [1.165, 1.54) is 6.20 Å². The molecular formula is C11H14N4O3. The largest absolute Gasteiger partial charge is 0.480 e. The van der Waals surface area contributed by atoms with Crippen molar-refractivity contribution in [2.75, 3.05) is 13.1 Å². The van der Waals surface area contributed by atoms with E-state index in [4.69, 9.17) is 5.11 Å². The number of aliphatic carboxylic acids is 1. The lowest BCUT2D eigenvalue weighted by atomic mass is 10.1. The summed E-state index contributed by atoms with van der Waals surface area (Å²) in [5, 5.41) is 15.9. The van der Waals surface area contributed by atoms with E-state index in [0.717, 1.165) is 16.7 Å². The van der Waals surface area contributed by atoms with E-state index in [1.807, 2.05) is 6.92 Å². The van der Waals surface area contributed by atoms with Crippen molar-refractivity contribution in [3.8, 4) is 0 Å². The Kier molecular flexibility index (Phi) is 3.40. The molecule has 0 atom stereocenters. The van der Waals surface area contributed by atoms with Gasteiger partial charge in [0.25, 0.3) is 5.91 Å². The molecule has 1 aromatic heterocycles. The van der Waals surface area contributed by atoms with Crippen molar-refractivity contribution in [1.82, 2.24) is 19.9 Å². The minimum Gasteiger partial charge on any atom is -0.480 e. The quantitative estimate of drug-likeness (QED) is 0.772. The van der Waals surface area contributed by atoms with Crippen LogP contribution in [0.1, 0.15) is 23.8 Å². The summed E-state index contributed by atoms with van der Waals surface area (Å²) in [7, 11) is 0. The van der Waals surface area contributed by atoms with Gasteiger partial charge in [-0.25, -0.2) is 4.68 Å². The molecule has 96 valence electrons. The third-order valence-electron chi connectivity index (χ3n) is 2.67. The van der Waals surface area contributed by atoms with Gasteiger partial charge in [0.05, 0.1) is 6.20 Å². The maximum Gasteiger partial charge on any atom is 0.325 e. The van der Waals surface area contributed by atoms with E-state index >= 15 is 0 Å². The predicted molar refractivity (Wildman–Crippen MR) is 61.9 cm³/mol. The van der Waals surface area contributed by atoms with Crippen LogP contribution in [0.4, 0.5) is 0 Å². The van der Waals surface area contributed by atoms with E-state index < -0.39 is 5.97 Å². The van der Waals surface area contributed by atoms with Gasteiger partial charge in [-0.3, -0.25) is 9.59 Å². The number of aromatic nitrogens is 3.